The molecule has 0 aliphatic heterocycles. The van der Waals surface area contributed by atoms with Gasteiger partial charge in [0, 0.05) is 18.9 Å². The molecule has 0 radical (unpaired) electrons. The fraction of sp³-hybridized carbons (Fsp3) is 0.333. The monoisotopic (exact) mass is 163 g/mol. The van der Waals surface area contributed by atoms with E-state index in [9.17, 15) is 0 Å². The SMILES string of the molecule is C/C=C/CCNc1ncccn1. The third-order valence-electron chi connectivity index (χ3n) is 1.40. The van der Waals surface area contributed by atoms with Crippen LogP contribution in [0.4, 0.5) is 5.95 Å². The van der Waals surface area contributed by atoms with Gasteiger partial charge >= 0.3 is 0 Å². The van der Waals surface area contributed by atoms with Crippen LogP contribution in [0.25, 0.3) is 0 Å². The minimum atomic E-state index is 0.696. The number of aromatic nitrogens is 2. The Hall–Kier alpha value is -1.38. The van der Waals surface area contributed by atoms with Crippen LogP contribution in [0.15, 0.2) is 30.6 Å². The molecule has 0 fully saturated rings. The molecule has 0 unspecified atom stereocenters. The van der Waals surface area contributed by atoms with Crippen LogP contribution in [-0.2, 0) is 0 Å². The molecule has 0 aliphatic carbocycles. The third-order valence-corrected chi connectivity index (χ3v) is 1.40. The first-order valence-corrected chi connectivity index (χ1v) is 4.05. The van der Waals surface area contributed by atoms with Crippen LogP contribution in [0.2, 0.25) is 0 Å². The summed E-state index contributed by atoms with van der Waals surface area (Å²) in [5, 5.41) is 3.11. The van der Waals surface area contributed by atoms with E-state index in [-0.39, 0.29) is 0 Å². The van der Waals surface area contributed by atoms with E-state index < -0.39 is 0 Å². The standard InChI is InChI=1S/C9H13N3/c1-2-3-4-6-10-9-11-7-5-8-12-9/h2-3,5,7-8H,4,6H2,1H3,(H,10,11,12)/b3-2+. The van der Waals surface area contributed by atoms with Gasteiger partial charge in [-0.3, -0.25) is 0 Å². The quantitative estimate of drug-likeness (QED) is 0.543. The normalized spacial score (nSPS) is 10.4. The Morgan fingerprint density at radius 1 is 1.42 bits per heavy atom. The number of hydrogen-bond donors (Lipinski definition) is 1. The lowest BCUT2D eigenvalue weighted by atomic mass is 10.4. The summed E-state index contributed by atoms with van der Waals surface area (Å²) in [6.45, 7) is 2.90. The van der Waals surface area contributed by atoms with Crippen LogP contribution in [0.1, 0.15) is 13.3 Å². The van der Waals surface area contributed by atoms with E-state index in [4.69, 9.17) is 0 Å². The summed E-state index contributed by atoms with van der Waals surface area (Å²) in [6.07, 6.45) is 8.61. The van der Waals surface area contributed by atoms with Gasteiger partial charge in [-0.1, -0.05) is 12.2 Å². The first-order chi connectivity index (χ1) is 5.93. The summed E-state index contributed by atoms with van der Waals surface area (Å²) in [7, 11) is 0. The summed E-state index contributed by atoms with van der Waals surface area (Å²) in [5.41, 5.74) is 0. The number of rotatable bonds is 4. The van der Waals surface area contributed by atoms with Crippen molar-refractivity contribution in [2.45, 2.75) is 13.3 Å². The molecule has 12 heavy (non-hydrogen) atoms. The average Bonchev–Trinajstić information content (AvgIpc) is 2.14. The Labute approximate surface area is 72.6 Å². The molecule has 0 aliphatic rings. The van der Waals surface area contributed by atoms with Crippen LogP contribution in [0.5, 0.6) is 0 Å². The topological polar surface area (TPSA) is 37.8 Å². The van der Waals surface area contributed by atoms with Crippen LogP contribution in [0, 0.1) is 0 Å². The minimum Gasteiger partial charge on any atom is -0.354 e. The lowest BCUT2D eigenvalue weighted by molar-refractivity contribution is 1.01. The highest BCUT2D eigenvalue weighted by Gasteiger charge is 1.88. The second-order valence-electron chi connectivity index (χ2n) is 2.36. The summed E-state index contributed by atoms with van der Waals surface area (Å²) in [5.74, 6) is 0.696. The number of nitrogens with zero attached hydrogens (tertiary/aromatic N) is 2. The van der Waals surface area contributed by atoms with E-state index in [1.807, 2.05) is 13.0 Å². The molecule has 0 amide bonds. The van der Waals surface area contributed by atoms with E-state index in [2.05, 4.69) is 21.4 Å². The van der Waals surface area contributed by atoms with Crippen molar-refractivity contribution < 1.29 is 0 Å². The predicted molar refractivity (Wildman–Crippen MR) is 50.0 cm³/mol. The molecule has 1 aromatic rings. The van der Waals surface area contributed by atoms with Gasteiger partial charge in [-0.2, -0.15) is 0 Å². The summed E-state index contributed by atoms with van der Waals surface area (Å²) >= 11 is 0. The van der Waals surface area contributed by atoms with Crippen LogP contribution in [-0.4, -0.2) is 16.5 Å². The molecule has 1 rings (SSSR count). The fourth-order valence-corrected chi connectivity index (χ4v) is 0.824. The molecule has 1 N–H and O–H groups in total. The fourth-order valence-electron chi connectivity index (χ4n) is 0.824. The highest BCUT2D eigenvalue weighted by Crippen LogP contribution is 1.93. The Morgan fingerprint density at radius 3 is 2.83 bits per heavy atom. The number of allylic oxidation sites excluding steroid dienone is 1. The first kappa shape index (κ1) is 8.71. The van der Waals surface area contributed by atoms with Crippen molar-refractivity contribution in [1.29, 1.82) is 0 Å². The predicted octanol–water partition coefficient (Wildman–Crippen LogP) is 1.85. The van der Waals surface area contributed by atoms with Crippen molar-refractivity contribution in [3.05, 3.63) is 30.6 Å². The van der Waals surface area contributed by atoms with Gasteiger partial charge in [0.05, 0.1) is 0 Å². The first-order valence-electron chi connectivity index (χ1n) is 4.05. The Balaban J connectivity index is 2.24. The van der Waals surface area contributed by atoms with Crippen molar-refractivity contribution in [3.63, 3.8) is 0 Å². The molecule has 0 aromatic carbocycles. The average molecular weight is 163 g/mol. The largest absolute Gasteiger partial charge is 0.354 e. The maximum Gasteiger partial charge on any atom is 0.222 e. The lowest BCUT2D eigenvalue weighted by Crippen LogP contribution is -2.03. The molecule has 0 atom stereocenters. The molecule has 0 spiro atoms. The summed E-state index contributed by atoms with van der Waals surface area (Å²) < 4.78 is 0. The molecule has 0 bridgehead atoms. The van der Waals surface area contributed by atoms with Crippen LogP contribution < -0.4 is 5.32 Å². The second kappa shape index (κ2) is 5.29. The van der Waals surface area contributed by atoms with Crippen molar-refractivity contribution in [2.75, 3.05) is 11.9 Å². The van der Waals surface area contributed by atoms with Gasteiger partial charge in [-0.15, -0.1) is 0 Å². The zero-order valence-corrected chi connectivity index (χ0v) is 7.20. The van der Waals surface area contributed by atoms with E-state index in [0.29, 0.717) is 5.95 Å². The van der Waals surface area contributed by atoms with Crippen molar-refractivity contribution in [1.82, 2.24) is 9.97 Å². The molecule has 64 valence electrons. The third kappa shape index (κ3) is 3.14. The second-order valence-corrected chi connectivity index (χ2v) is 2.36. The number of hydrogen-bond acceptors (Lipinski definition) is 3. The van der Waals surface area contributed by atoms with E-state index in [1.54, 1.807) is 18.5 Å². The van der Waals surface area contributed by atoms with Gasteiger partial charge in [0.25, 0.3) is 0 Å². The molecule has 1 heterocycles. The molecular weight excluding hydrogens is 150 g/mol. The minimum absolute atomic E-state index is 0.696. The molecule has 3 nitrogen and oxygen atoms in total. The zero-order valence-electron chi connectivity index (χ0n) is 7.20. The zero-order chi connectivity index (χ0) is 8.65. The highest BCUT2D eigenvalue weighted by atomic mass is 15.1. The molecule has 3 heteroatoms. The van der Waals surface area contributed by atoms with Crippen molar-refractivity contribution in [3.8, 4) is 0 Å². The molecule has 1 aromatic heterocycles. The van der Waals surface area contributed by atoms with Gasteiger partial charge in [-0.05, 0) is 19.4 Å². The Bertz CT molecular complexity index is 231. The molecular formula is C9H13N3. The summed E-state index contributed by atoms with van der Waals surface area (Å²) in [4.78, 5) is 8.06. The highest BCUT2D eigenvalue weighted by molar-refractivity contribution is 5.21. The number of anilines is 1. The van der Waals surface area contributed by atoms with Gasteiger partial charge in [-0.25, -0.2) is 9.97 Å². The van der Waals surface area contributed by atoms with Crippen LogP contribution in [0.3, 0.4) is 0 Å². The molecule has 0 saturated carbocycles. The number of nitrogens with one attached hydrogen (secondary N) is 1. The smallest absolute Gasteiger partial charge is 0.222 e. The van der Waals surface area contributed by atoms with Gasteiger partial charge < -0.3 is 5.32 Å². The van der Waals surface area contributed by atoms with Gasteiger partial charge in [0.2, 0.25) is 5.95 Å². The van der Waals surface area contributed by atoms with Crippen molar-refractivity contribution >= 4 is 5.95 Å². The maximum absolute atomic E-state index is 4.03. The lowest BCUT2D eigenvalue weighted by Gasteiger charge is -1.99. The van der Waals surface area contributed by atoms with Crippen LogP contribution >= 0.6 is 0 Å². The van der Waals surface area contributed by atoms with E-state index in [1.165, 1.54) is 0 Å². The van der Waals surface area contributed by atoms with Gasteiger partial charge in [0.15, 0.2) is 0 Å². The van der Waals surface area contributed by atoms with Crippen molar-refractivity contribution in [2.24, 2.45) is 0 Å². The van der Waals surface area contributed by atoms with E-state index in [0.717, 1.165) is 13.0 Å². The Kier molecular flexibility index (Phi) is 3.84. The molecule has 0 saturated heterocycles. The van der Waals surface area contributed by atoms with Gasteiger partial charge in [0.1, 0.15) is 0 Å². The van der Waals surface area contributed by atoms with E-state index >= 15 is 0 Å². The summed E-state index contributed by atoms with van der Waals surface area (Å²) in [6, 6.07) is 1.80. The maximum atomic E-state index is 4.03. The Morgan fingerprint density at radius 2 is 2.17 bits per heavy atom.